The Morgan fingerprint density at radius 2 is 2.07 bits per heavy atom. The fourth-order valence-corrected chi connectivity index (χ4v) is 1.71. The molecule has 0 saturated heterocycles. The lowest BCUT2D eigenvalue weighted by Gasteiger charge is -2.20. The van der Waals surface area contributed by atoms with Crippen LogP contribution in [0.25, 0.3) is 10.9 Å². The highest BCUT2D eigenvalue weighted by Crippen LogP contribution is 2.30. The van der Waals surface area contributed by atoms with Gasteiger partial charge < -0.3 is 10.6 Å². The van der Waals surface area contributed by atoms with Crippen molar-refractivity contribution < 1.29 is 0 Å². The highest BCUT2D eigenvalue weighted by atomic mass is 15.3. The van der Waals surface area contributed by atoms with Gasteiger partial charge in [0.05, 0.1) is 23.1 Å². The molecular formula is C9H9N5. The van der Waals surface area contributed by atoms with E-state index < -0.39 is 0 Å². The van der Waals surface area contributed by atoms with Crippen molar-refractivity contribution in [3.63, 3.8) is 0 Å². The largest absolute Gasteiger partial charge is 0.382 e. The number of rotatable bonds is 0. The van der Waals surface area contributed by atoms with Gasteiger partial charge in [0.25, 0.3) is 0 Å². The highest BCUT2D eigenvalue weighted by molar-refractivity contribution is 5.98. The summed E-state index contributed by atoms with van der Waals surface area (Å²) in [5, 5.41) is 19.0. The van der Waals surface area contributed by atoms with E-state index in [1.807, 2.05) is 12.1 Å². The van der Waals surface area contributed by atoms with Crippen LogP contribution in [0, 0.1) is 0 Å². The Labute approximate surface area is 80.5 Å². The number of anilines is 2. The van der Waals surface area contributed by atoms with Gasteiger partial charge in [-0.05, 0) is 17.3 Å². The van der Waals surface area contributed by atoms with Crippen LogP contribution in [-0.4, -0.2) is 28.5 Å². The van der Waals surface area contributed by atoms with Gasteiger partial charge in [0.2, 0.25) is 0 Å². The summed E-state index contributed by atoms with van der Waals surface area (Å²) >= 11 is 0. The van der Waals surface area contributed by atoms with E-state index in [1.54, 1.807) is 6.20 Å². The lowest BCUT2D eigenvalue weighted by atomic mass is 10.1. The Kier molecular flexibility index (Phi) is 1.50. The van der Waals surface area contributed by atoms with E-state index in [0.717, 1.165) is 35.4 Å². The number of hydrogen-bond donors (Lipinski definition) is 2. The third kappa shape index (κ3) is 0.985. The van der Waals surface area contributed by atoms with Gasteiger partial charge >= 0.3 is 0 Å². The van der Waals surface area contributed by atoms with E-state index in [0.29, 0.717) is 0 Å². The maximum atomic E-state index is 3.96. The Bertz CT molecular complexity index is 482. The smallest absolute Gasteiger partial charge is 0.0985 e. The fraction of sp³-hybridized carbons (Fsp3) is 0.222. The highest BCUT2D eigenvalue weighted by Gasteiger charge is 2.11. The number of hydrogen-bond acceptors (Lipinski definition) is 5. The minimum absolute atomic E-state index is 0.870. The molecule has 3 rings (SSSR count). The maximum Gasteiger partial charge on any atom is 0.0985 e. The van der Waals surface area contributed by atoms with Gasteiger partial charge in [-0.25, -0.2) is 0 Å². The summed E-state index contributed by atoms with van der Waals surface area (Å²) in [6, 6.07) is 3.96. The van der Waals surface area contributed by atoms with E-state index in [1.165, 1.54) is 0 Å². The van der Waals surface area contributed by atoms with Crippen molar-refractivity contribution in [2.24, 2.45) is 0 Å². The van der Waals surface area contributed by atoms with Crippen molar-refractivity contribution >= 4 is 22.3 Å². The minimum Gasteiger partial charge on any atom is -0.382 e. The summed E-state index contributed by atoms with van der Waals surface area (Å²) in [7, 11) is 0. The summed E-state index contributed by atoms with van der Waals surface area (Å²) in [6.45, 7) is 1.87. The predicted octanol–water partition coefficient (Wildman–Crippen LogP) is 0.862. The third-order valence-electron chi connectivity index (χ3n) is 2.36. The lowest BCUT2D eigenvalue weighted by Crippen LogP contribution is -2.20. The molecule has 14 heavy (non-hydrogen) atoms. The molecule has 0 amide bonds. The van der Waals surface area contributed by atoms with Crippen molar-refractivity contribution in [3.8, 4) is 0 Å². The first kappa shape index (κ1) is 7.49. The Hall–Kier alpha value is -1.91. The number of benzene rings is 1. The molecule has 2 heterocycles. The minimum atomic E-state index is 0.870. The van der Waals surface area contributed by atoms with Crippen molar-refractivity contribution in [2.75, 3.05) is 23.7 Å². The Morgan fingerprint density at radius 3 is 3.07 bits per heavy atom. The fourth-order valence-electron chi connectivity index (χ4n) is 1.71. The molecular weight excluding hydrogens is 178 g/mol. The molecule has 0 spiro atoms. The monoisotopic (exact) mass is 187 g/mol. The van der Waals surface area contributed by atoms with Crippen LogP contribution in [0.4, 0.5) is 11.4 Å². The summed E-state index contributed by atoms with van der Waals surface area (Å²) in [5.41, 5.74) is 3.06. The second-order valence-corrected chi connectivity index (χ2v) is 3.21. The predicted molar refractivity (Wildman–Crippen MR) is 54.3 cm³/mol. The SMILES string of the molecule is c1cc2nnncc2c2c1NCCN2. The van der Waals surface area contributed by atoms with Crippen LogP contribution >= 0.6 is 0 Å². The summed E-state index contributed by atoms with van der Waals surface area (Å²) < 4.78 is 0. The van der Waals surface area contributed by atoms with Crippen molar-refractivity contribution in [1.29, 1.82) is 0 Å². The molecule has 2 N–H and O–H groups in total. The summed E-state index contributed by atoms with van der Waals surface area (Å²) in [6.07, 6.45) is 1.74. The van der Waals surface area contributed by atoms with Gasteiger partial charge in [0.1, 0.15) is 0 Å². The van der Waals surface area contributed by atoms with Crippen LogP contribution in [0.1, 0.15) is 0 Å². The molecule has 1 aromatic heterocycles. The first-order valence-corrected chi connectivity index (χ1v) is 4.54. The van der Waals surface area contributed by atoms with Crippen LogP contribution in [0.15, 0.2) is 18.3 Å². The quantitative estimate of drug-likeness (QED) is 0.640. The summed E-state index contributed by atoms with van der Waals surface area (Å²) in [5.74, 6) is 0. The van der Waals surface area contributed by atoms with Crippen molar-refractivity contribution in [3.05, 3.63) is 18.3 Å². The van der Waals surface area contributed by atoms with E-state index in [9.17, 15) is 0 Å². The topological polar surface area (TPSA) is 62.7 Å². The van der Waals surface area contributed by atoms with Gasteiger partial charge in [-0.15, -0.1) is 10.2 Å². The van der Waals surface area contributed by atoms with Gasteiger partial charge in [-0.3, -0.25) is 0 Å². The van der Waals surface area contributed by atoms with E-state index in [4.69, 9.17) is 0 Å². The molecule has 0 fully saturated rings. The molecule has 0 bridgehead atoms. The van der Waals surface area contributed by atoms with E-state index in [2.05, 4.69) is 26.0 Å². The molecule has 0 unspecified atom stereocenters. The number of aromatic nitrogens is 3. The lowest BCUT2D eigenvalue weighted by molar-refractivity contribution is 0.894. The molecule has 1 aliphatic rings. The van der Waals surface area contributed by atoms with Crippen LogP contribution < -0.4 is 10.6 Å². The zero-order chi connectivity index (χ0) is 9.38. The average Bonchev–Trinajstić information content (AvgIpc) is 2.29. The average molecular weight is 187 g/mol. The number of fused-ring (bicyclic) bond motifs is 3. The van der Waals surface area contributed by atoms with Crippen LogP contribution in [-0.2, 0) is 0 Å². The third-order valence-corrected chi connectivity index (χ3v) is 2.36. The normalized spacial score (nSPS) is 14.3. The Morgan fingerprint density at radius 1 is 1.14 bits per heavy atom. The van der Waals surface area contributed by atoms with Crippen molar-refractivity contribution in [1.82, 2.24) is 15.4 Å². The van der Waals surface area contributed by atoms with Crippen molar-refractivity contribution in [2.45, 2.75) is 0 Å². The molecule has 1 aromatic carbocycles. The van der Waals surface area contributed by atoms with Crippen LogP contribution in [0.3, 0.4) is 0 Å². The molecule has 5 heteroatoms. The molecule has 5 nitrogen and oxygen atoms in total. The number of nitrogens with zero attached hydrogens (tertiary/aromatic N) is 3. The van der Waals surface area contributed by atoms with Gasteiger partial charge in [0, 0.05) is 18.5 Å². The first-order valence-electron chi connectivity index (χ1n) is 4.54. The molecule has 1 aliphatic heterocycles. The zero-order valence-electron chi connectivity index (χ0n) is 7.49. The first-order chi connectivity index (χ1) is 6.95. The molecule has 0 saturated carbocycles. The second kappa shape index (κ2) is 2.80. The van der Waals surface area contributed by atoms with Gasteiger partial charge in [-0.1, -0.05) is 0 Å². The molecule has 0 atom stereocenters. The van der Waals surface area contributed by atoms with Gasteiger partial charge in [0.15, 0.2) is 0 Å². The van der Waals surface area contributed by atoms with Gasteiger partial charge in [-0.2, -0.15) is 0 Å². The molecule has 70 valence electrons. The number of nitrogens with one attached hydrogen (secondary N) is 2. The van der Waals surface area contributed by atoms with E-state index in [-0.39, 0.29) is 0 Å². The standard InChI is InChI=1S/C9H9N5/c1-2-8-9(11-4-3-10-8)6-5-12-14-13-7(1)6/h1-2,5,10-11H,3-4H2. The molecule has 2 aromatic rings. The van der Waals surface area contributed by atoms with Crippen LogP contribution in [0.5, 0.6) is 0 Å². The zero-order valence-corrected chi connectivity index (χ0v) is 7.49. The Balaban J connectivity index is 2.34. The summed E-state index contributed by atoms with van der Waals surface area (Å²) in [4.78, 5) is 0. The van der Waals surface area contributed by atoms with E-state index >= 15 is 0 Å². The molecule has 0 radical (unpaired) electrons. The maximum absolute atomic E-state index is 3.96. The second-order valence-electron chi connectivity index (χ2n) is 3.21. The molecule has 0 aliphatic carbocycles. The van der Waals surface area contributed by atoms with Crippen LogP contribution in [0.2, 0.25) is 0 Å².